The first-order valence-corrected chi connectivity index (χ1v) is 12.6. The number of urea groups is 1. The summed E-state index contributed by atoms with van der Waals surface area (Å²) in [6.45, 7) is 7.58. The smallest absolute Gasteiger partial charge is 0.317 e. The summed E-state index contributed by atoms with van der Waals surface area (Å²) in [6.07, 6.45) is 2.46. The largest absolute Gasteiger partial charge is 0.335 e. The van der Waals surface area contributed by atoms with Crippen LogP contribution in [0.2, 0.25) is 0 Å². The minimum atomic E-state index is -3.17. The monoisotopic (exact) mass is 451 g/mol. The maximum absolute atomic E-state index is 12.6. The summed E-state index contributed by atoms with van der Waals surface area (Å²) >= 11 is 0. The number of hydrogen-bond acceptors (Lipinski definition) is 5. The molecule has 2 aliphatic heterocycles. The fourth-order valence-electron chi connectivity index (χ4n) is 3.99. The molecular formula is C21H33N5O4S. The number of carbonyl (C=O) groups is 2. The number of rotatable bonds is 5. The van der Waals surface area contributed by atoms with Gasteiger partial charge < -0.3 is 15.5 Å². The minimum Gasteiger partial charge on any atom is -0.335 e. The zero-order chi connectivity index (χ0) is 22.6. The second-order valence-corrected chi connectivity index (χ2v) is 10.4. The van der Waals surface area contributed by atoms with Crippen molar-refractivity contribution in [2.24, 2.45) is 0 Å². The number of nitrogens with zero attached hydrogens (tertiary/aromatic N) is 3. The van der Waals surface area contributed by atoms with Crippen molar-refractivity contribution in [1.82, 2.24) is 19.4 Å². The Morgan fingerprint density at radius 2 is 1.68 bits per heavy atom. The lowest BCUT2D eigenvalue weighted by Crippen LogP contribution is -2.55. The lowest BCUT2D eigenvalue weighted by atomic mass is 10.1. The average molecular weight is 452 g/mol. The van der Waals surface area contributed by atoms with E-state index in [1.165, 1.54) is 10.6 Å². The van der Waals surface area contributed by atoms with Gasteiger partial charge in [0.15, 0.2) is 0 Å². The molecule has 0 atom stereocenters. The normalized spacial score (nSPS) is 19.3. The van der Waals surface area contributed by atoms with Crippen LogP contribution in [0.1, 0.15) is 24.0 Å². The highest BCUT2D eigenvalue weighted by Crippen LogP contribution is 2.18. The van der Waals surface area contributed by atoms with Crippen LogP contribution in [0, 0.1) is 13.8 Å². The van der Waals surface area contributed by atoms with Gasteiger partial charge in [0.05, 0.1) is 12.8 Å². The lowest BCUT2D eigenvalue weighted by molar-refractivity contribution is -0.117. The fourth-order valence-corrected chi connectivity index (χ4v) is 4.86. The quantitative estimate of drug-likeness (QED) is 0.695. The van der Waals surface area contributed by atoms with Gasteiger partial charge in [-0.05, 0) is 43.9 Å². The first-order valence-electron chi connectivity index (χ1n) is 10.7. The summed E-state index contributed by atoms with van der Waals surface area (Å²) in [5.74, 6) is -0.0516. The zero-order valence-corrected chi connectivity index (χ0v) is 19.4. The number of benzene rings is 1. The van der Waals surface area contributed by atoms with Crippen molar-refractivity contribution in [2.45, 2.75) is 32.7 Å². The Hall–Kier alpha value is -2.17. The molecule has 2 heterocycles. The third kappa shape index (κ3) is 6.41. The number of hydrogen-bond donors (Lipinski definition) is 2. The van der Waals surface area contributed by atoms with E-state index in [4.69, 9.17) is 0 Å². The van der Waals surface area contributed by atoms with E-state index in [2.05, 4.69) is 15.5 Å². The molecule has 1 aromatic carbocycles. The van der Waals surface area contributed by atoms with Crippen molar-refractivity contribution < 1.29 is 18.0 Å². The zero-order valence-electron chi connectivity index (χ0n) is 18.6. The van der Waals surface area contributed by atoms with Crippen LogP contribution < -0.4 is 10.6 Å². The lowest BCUT2D eigenvalue weighted by Gasteiger charge is -2.36. The highest BCUT2D eigenvalue weighted by molar-refractivity contribution is 7.88. The van der Waals surface area contributed by atoms with Gasteiger partial charge in [0.1, 0.15) is 0 Å². The van der Waals surface area contributed by atoms with Gasteiger partial charge in [0.2, 0.25) is 15.9 Å². The van der Waals surface area contributed by atoms with E-state index in [1.807, 2.05) is 32.0 Å². The highest BCUT2D eigenvalue weighted by atomic mass is 32.2. The molecule has 2 N–H and O–H groups in total. The molecule has 10 heteroatoms. The van der Waals surface area contributed by atoms with Crippen LogP contribution in [0.15, 0.2) is 18.2 Å². The molecule has 1 aromatic rings. The minimum absolute atomic E-state index is 0.00752. The molecule has 0 bridgehead atoms. The molecule has 3 rings (SSSR count). The van der Waals surface area contributed by atoms with Gasteiger partial charge >= 0.3 is 6.03 Å². The van der Waals surface area contributed by atoms with Crippen molar-refractivity contribution in [3.63, 3.8) is 0 Å². The van der Waals surface area contributed by atoms with Crippen LogP contribution in [-0.2, 0) is 14.8 Å². The predicted octanol–water partition coefficient (Wildman–Crippen LogP) is 0.993. The average Bonchev–Trinajstić information content (AvgIpc) is 2.71. The van der Waals surface area contributed by atoms with E-state index in [-0.39, 0.29) is 18.0 Å². The number of aryl methyl sites for hydroxylation is 1. The van der Waals surface area contributed by atoms with Crippen molar-refractivity contribution >= 4 is 27.6 Å². The standard InChI is InChI=1S/C21H33N5O4S/c1-16-5-4-6-19(17(16)2)23-20(27)15-24-11-13-25(14-12-24)21(28)22-18-7-9-26(10-8-18)31(3,29)30/h4-6,18H,7-15H2,1-3H3,(H,22,28)(H,23,27). The fraction of sp³-hybridized carbons (Fsp3) is 0.619. The van der Waals surface area contributed by atoms with Crippen molar-refractivity contribution in [1.29, 1.82) is 0 Å². The molecule has 2 saturated heterocycles. The van der Waals surface area contributed by atoms with Gasteiger partial charge in [0.25, 0.3) is 0 Å². The second kappa shape index (κ2) is 9.97. The number of anilines is 1. The van der Waals surface area contributed by atoms with Gasteiger partial charge in [-0.25, -0.2) is 17.5 Å². The van der Waals surface area contributed by atoms with E-state index in [9.17, 15) is 18.0 Å². The molecule has 0 saturated carbocycles. The van der Waals surface area contributed by atoms with Gasteiger partial charge in [0, 0.05) is 51.0 Å². The van der Waals surface area contributed by atoms with Crippen molar-refractivity contribution in [3.8, 4) is 0 Å². The molecule has 0 unspecified atom stereocenters. The summed E-state index contributed by atoms with van der Waals surface area (Å²) in [4.78, 5) is 28.8. The molecule has 0 spiro atoms. The first kappa shape index (κ1) is 23.5. The van der Waals surface area contributed by atoms with E-state index in [0.29, 0.717) is 58.7 Å². The number of sulfonamides is 1. The Kier molecular flexibility index (Phi) is 7.55. The predicted molar refractivity (Wildman–Crippen MR) is 121 cm³/mol. The van der Waals surface area contributed by atoms with Gasteiger partial charge in [-0.3, -0.25) is 9.69 Å². The van der Waals surface area contributed by atoms with Crippen LogP contribution in [0.4, 0.5) is 10.5 Å². The molecule has 2 fully saturated rings. The number of piperazine rings is 1. The summed E-state index contributed by atoms with van der Waals surface area (Å²) in [7, 11) is -3.17. The maximum Gasteiger partial charge on any atom is 0.317 e. The molecule has 9 nitrogen and oxygen atoms in total. The van der Waals surface area contributed by atoms with E-state index in [0.717, 1.165) is 16.8 Å². The van der Waals surface area contributed by atoms with Gasteiger partial charge in [-0.15, -0.1) is 0 Å². The molecular weight excluding hydrogens is 418 g/mol. The van der Waals surface area contributed by atoms with Gasteiger partial charge in [-0.1, -0.05) is 12.1 Å². The maximum atomic E-state index is 12.6. The summed E-state index contributed by atoms with van der Waals surface area (Å²) < 4.78 is 24.7. The summed E-state index contributed by atoms with van der Waals surface area (Å²) in [6, 6.07) is 5.73. The van der Waals surface area contributed by atoms with Crippen LogP contribution in [0.5, 0.6) is 0 Å². The molecule has 172 valence electrons. The number of carbonyl (C=O) groups excluding carboxylic acids is 2. The Morgan fingerprint density at radius 3 is 2.29 bits per heavy atom. The van der Waals surface area contributed by atoms with Gasteiger partial charge in [-0.2, -0.15) is 0 Å². The highest BCUT2D eigenvalue weighted by Gasteiger charge is 2.28. The summed E-state index contributed by atoms with van der Waals surface area (Å²) in [5, 5.41) is 6.01. The molecule has 31 heavy (non-hydrogen) atoms. The summed E-state index contributed by atoms with van der Waals surface area (Å²) in [5.41, 5.74) is 3.05. The molecule has 0 aromatic heterocycles. The van der Waals surface area contributed by atoms with E-state index < -0.39 is 10.0 Å². The molecule has 0 radical (unpaired) electrons. The van der Waals surface area contributed by atoms with Crippen molar-refractivity contribution in [2.75, 3.05) is 57.4 Å². The molecule has 0 aliphatic carbocycles. The molecule has 2 aliphatic rings. The van der Waals surface area contributed by atoms with Crippen LogP contribution >= 0.6 is 0 Å². The number of amides is 3. The first-order chi connectivity index (χ1) is 14.6. The Balaban J connectivity index is 1.39. The molecule has 3 amide bonds. The third-order valence-electron chi connectivity index (χ3n) is 6.16. The Labute approximate surface area is 184 Å². The van der Waals surface area contributed by atoms with Crippen LogP contribution in [0.3, 0.4) is 0 Å². The topological polar surface area (TPSA) is 102 Å². The van der Waals surface area contributed by atoms with E-state index in [1.54, 1.807) is 4.90 Å². The number of piperidine rings is 1. The van der Waals surface area contributed by atoms with E-state index >= 15 is 0 Å². The number of nitrogens with one attached hydrogen (secondary N) is 2. The van der Waals surface area contributed by atoms with Crippen molar-refractivity contribution in [3.05, 3.63) is 29.3 Å². The van der Waals surface area contributed by atoms with Crippen LogP contribution in [-0.4, -0.2) is 92.6 Å². The Bertz CT molecular complexity index is 904. The Morgan fingerprint density at radius 1 is 1.03 bits per heavy atom. The van der Waals surface area contributed by atoms with Crippen LogP contribution in [0.25, 0.3) is 0 Å². The SMILES string of the molecule is Cc1cccc(NC(=O)CN2CCN(C(=O)NC3CCN(S(C)(=O)=O)CC3)CC2)c1C. The second-order valence-electron chi connectivity index (χ2n) is 8.44. The third-order valence-corrected chi connectivity index (χ3v) is 7.46.